The quantitative estimate of drug-likeness (QED) is 0.888. The van der Waals surface area contributed by atoms with E-state index in [0.29, 0.717) is 32.0 Å². The van der Waals surface area contributed by atoms with Gasteiger partial charge in [0.2, 0.25) is 5.91 Å². The van der Waals surface area contributed by atoms with E-state index >= 15 is 0 Å². The first-order valence-electron chi connectivity index (χ1n) is 8.76. The van der Waals surface area contributed by atoms with Gasteiger partial charge in [0, 0.05) is 62.1 Å². The summed E-state index contributed by atoms with van der Waals surface area (Å²) in [6, 6.07) is 2.26. The zero-order valence-corrected chi connectivity index (χ0v) is 15.1. The van der Waals surface area contributed by atoms with Crippen molar-refractivity contribution in [2.75, 3.05) is 6.54 Å². The first-order chi connectivity index (χ1) is 12.1. The van der Waals surface area contributed by atoms with E-state index in [1.165, 1.54) is 17.0 Å². The predicted octanol–water partition coefficient (Wildman–Crippen LogP) is 1.89. The molecule has 1 aliphatic carbocycles. The zero-order chi connectivity index (χ0) is 17.4. The Hall–Kier alpha value is -2.15. The summed E-state index contributed by atoms with van der Waals surface area (Å²) in [5.41, 5.74) is 4.01. The highest BCUT2D eigenvalue weighted by Crippen LogP contribution is 2.25. The van der Waals surface area contributed by atoms with Crippen molar-refractivity contribution in [3.8, 4) is 0 Å². The van der Waals surface area contributed by atoms with Crippen molar-refractivity contribution >= 4 is 23.2 Å². The van der Waals surface area contributed by atoms with Crippen LogP contribution in [0.2, 0.25) is 0 Å². The fraction of sp³-hybridized carbons (Fsp3) is 0.500. The van der Waals surface area contributed by atoms with Gasteiger partial charge in [-0.15, -0.1) is 0 Å². The maximum Gasteiger partial charge on any atom is 0.255 e. The van der Waals surface area contributed by atoms with Crippen LogP contribution >= 0.6 is 11.3 Å². The minimum absolute atomic E-state index is 0.0770. The largest absolute Gasteiger partial charge is 0.353 e. The van der Waals surface area contributed by atoms with Crippen LogP contribution < -0.4 is 5.32 Å². The minimum Gasteiger partial charge on any atom is -0.353 e. The van der Waals surface area contributed by atoms with Crippen molar-refractivity contribution in [1.82, 2.24) is 20.0 Å². The van der Waals surface area contributed by atoms with E-state index in [-0.39, 0.29) is 11.8 Å². The Morgan fingerprint density at radius 1 is 1.40 bits per heavy atom. The van der Waals surface area contributed by atoms with Crippen molar-refractivity contribution in [1.29, 1.82) is 0 Å². The van der Waals surface area contributed by atoms with E-state index < -0.39 is 0 Å². The molecule has 0 atom stereocenters. The molecular weight excluding hydrogens is 336 g/mol. The summed E-state index contributed by atoms with van der Waals surface area (Å²) in [7, 11) is 1.95. The van der Waals surface area contributed by atoms with E-state index in [1.54, 1.807) is 0 Å². The lowest BCUT2D eigenvalue weighted by molar-refractivity contribution is -0.121. The second-order valence-corrected chi connectivity index (χ2v) is 7.61. The third kappa shape index (κ3) is 3.46. The van der Waals surface area contributed by atoms with E-state index in [0.717, 1.165) is 36.1 Å². The van der Waals surface area contributed by atoms with Gasteiger partial charge in [-0.25, -0.2) is 0 Å². The van der Waals surface area contributed by atoms with Crippen LogP contribution in [0.25, 0.3) is 0 Å². The molecule has 1 fully saturated rings. The Labute approximate surface area is 150 Å². The van der Waals surface area contributed by atoms with Crippen LogP contribution in [0, 0.1) is 0 Å². The molecule has 4 rings (SSSR count). The van der Waals surface area contributed by atoms with Crippen molar-refractivity contribution in [2.45, 2.75) is 44.7 Å². The molecule has 7 heteroatoms. The third-order valence-electron chi connectivity index (χ3n) is 4.91. The predicted molar refractivity (Wildman–Crippen MR) is 95.5 cm³/mol. The van der Waals surface area contributed by atoms with Crippen LogP contribution in [0.15, 0.2) is 16.8 Å². The summed E-state index contributed by atoms with van der Waals surface area (Å²) < 4.78 is 1.91. The van der Waals surface area contributed by atoms with Crippen molar-refractivity contribution in [2.24, 2.45) is 7.05 Å². The van der Waals surface area contributed by atoms with Crippen LogP contribution in [0.1, 0.15) is 46.6 Å². The van der Waals surface area contributed by atoms with Gasteiger partial charge < -0.3 is 10.2 Å². The maximum atomic E-state index is 12.6. The van der Waals surface area contributed by atoms with Crippen LogP contribution in [-0.4, -0.2) is 39.1 Å². The van der Waals surface area contributed by atoms with Gasteiger partial charge in [0.1, 0.15) is 0 Å². The summed E-state index contributed by atoms with van der Waals surface area (Å²) in [6.07, 6.45) is 4.10. The number of hydrogen-bond acceptors (Lipinski definition) is 4. The Morgan fingerprint density at radius 3 is 2.96 bits per heavy atom. The van der Waals surface area contributed by atoms with Gasteiger partial charge in [0.25, 0.3) is 5.91 Å². The van der Waals surface area contributed by atoms with Crippen LogP contribution in [0.5, 0.6) is 0 Å². The van der Waals surface area contributed by atoms with Crippen LogP contribution in [-0.2, 0) is 31.2 Å². The fourth-order valence-electron chi connectivity index (χ4n) is 3.37. The molecule has 1 N–H and O–H groups in total. The Bertz CT molecular complexity index is 792. The van der Waals surface area contributed by atoms with E-state index in [1.807, 2.05) is 33.5 Å². The van der Waals surface area contributed by atoms with Gasteiger partial charge in [0.15, 0.2) is 0 Å². The molecule has 1 saturated carbocycles. The average molecular weight is 358 g/mol. The number of hydrogen-bond donors (Lipinski definition) is 1. The number of thiophene rings is 1. The maximum absolute atomic E-state index is 12.6. The number of amides is 2. The monoisotopic (exact) mass is 358 g/mol. The SMILES string of the molecule is Cn1nc(CCC(=O)NC2CC2)c2c1CCN(C(=O)c1ccsc1)C2. The van der Waals surface area contributed by atoms with Crippen molar-refractivity contribution in [3.63, 3.8) is 0 Å². The number of aromatic nitrogens is 2. The van der Waals surface area contributed by atoms with Gasteiger partial charge in [-0.1, -0.05) is 0 Å². The lowest BCUT2D eigenvalue weighted by Crippen LogP contribution is -2.36. The number of nitrogens with zero attached hydrogens (tertiary/aromatic N) is 3. The van der Waals surface area contributed by atoms with Gasteiger partial charge in [0.05, 0.1) is 11.3 Å². The molecule has 1 aliphatic heterocycles. The number of carbonyl (C=O) groups excluding carboxylic acids is 2. The van der Waals surface area contributed by atoms with E-state index in [9.17, 15) is 9.59 Å². The molecule has 6 nitrogen and oxygen atoms in total. The molecular formula is C18H22N4O2S. The molecule has 25 heavy (non-hydrogen) atoms. The smallest absolute Gasteiger partial charge is 0.255 e. The van der Waals surface area contributed by atoms with E-state index in [2.05, 4.69) is 10.4 Å². The molecule has 2 aromatic heterocycles. The third-order valence-corrected chi connectivity index (χ3v) is 5.60. The number of fused-ring (bicyclic) bond motifs is 1. The molecule has 3 heterocycles. The van der Waals surface area contributed by atoms with Gasteiger partial charge in [-0.2, -0.15) is 16.4 Å². The molecule has 0 saturated heterocycles. The summed E-state index contributed by atoms with van der Waals surface area (Å²) in [5, 5.41) is 11.5. The molecule has 0 bridgehead atoms. The van der Waals surface area contributed by atoms with Gasteiger partial charge in [-0.05, 0) is 24.3 Å². The van der Waals surface area contributed by atoms with Crippen molar-refractivity contribution in [3.05, 3.63) is 39.3 Å². The standard InChI is InChI=1S/C18H22N4O2S/c1-21-16-6-8-22(18(24)12-7-9-25-11-12)10-14(16)15(20-21)4-5-17(23)19-13-2-3-13/h7,9,11,13H,2-6,8,10H2,1H3,(H,19,23). The fourth-order valence-corrected chi connectivity index (χ4v) is 4.00. The molecule has 132 valence electrons. The molecule has 0 radical (unpaired) electrons. The zero-order valence-electron chi connectivity index (χ0n) is 14.3. The number of aryl methyl sites for hydroxylation is 2. The summed E-state index contributed by atoms with van der Waals surface area (Å²) in [4.78, 5) is 26.5. The normalized spacial score (nSPS) is 16.6. The molecule has 0 aromatic carbocycles. The van der Waals surface area contributed by atoms with Crippen LogP contribution in [0.4, 0.5) is 0 Å². The summed E-state index contributed by atoms with van der Waals surface area (Å²) in [6.45, 7) is 1.29. The highest BCUT2D eigenvalue weighted by atomic mass is 32.1. The Balaban J connectivity index is 1.46. The lowest BCUT2D eigenvalue weighted by atomic mass is 10.0. The first kappa shape index (κ1) is 16.3. The number of carbonyl (C=O) groups is 2. The van der Waals surface area contributed by atoms with E-state index in [4.69, 9.17) is 0 Å². The minimum atomic E-state index is 0.0770. The highest BCUT2D eigenvalue weighted by molar-refractivity contribution is 7.08. The second kappa shape index (κ2) is 6.63. The molecule has 0 spiro atoms. The molecule has 2 aromatic rings. The summed E-state index contributed by atoms with van der Waals surface area (Å²) in [5.74, 6) is 0.178. The molecule has 0 unspecified atom stereocenters. The van der Waals surface area contributed by atoms with Crippen molar-refractivity contribution < 1.29 is 9.59 Å². The number of rotatable bonds is 5. The topological polar surface area (TPSA) is 67.2 Å². The Kier molecular flexibility index (Phi) is 4.33. The van der Waals surface area contributed by atoms with Gasteiger partial charge >= 0.3 is 0 Å². The molecule has 2 amide bonds. The average Bonchev–Trinajstić information content (AvgIpc) is 3.14. The highest BCUT2D eigenvalue weighted by Gasteiger charge is 2.28. The Morgan fingerprint density at radius 2 is 2.24 bits per heavy atom. The lowest BCUT2D eigenvalue weighted by Gasteiger charge is -2.27. The van der Waals surface area contributed by atoms with Crippen LogP contribution in [0.3, 0.4) is 0 Å². The summed E-state index contributed by atoms with van der Waals surface area (Å²) >= 11 is 1.54. The molecule has 2 aliphatic rings. The van der Waals surface area contributed by atoms with Gasteiger partial charge in [-0.3, -0.25) is 14.3 Å². The first-order valence-corrected chi connectivity index (χ1v) is 9.70. The second-order valence-electron chi connectivity index (χ2n) is 6.83. The number of nitrogens with one attached hydrogen (secondary N) is 1.